The third-order valence-corrected chi connectivity index (χ3v) is 10.8. The van der Waals surface area contributed by atoms with Crippen molar-refractivity contribution < 1.29 is 41.8 Å². The first kappa shape index (κ1) is 33.0. The van der Waals surface area contributed by atoms with Crippen LogP contribution >= 0.6 is 23.2 Å². The van der Waals surface area contributed by atoms with Gasteiger partial charge in [0.2, 0.25) is 11.8 Å². The maximum atomic E-state index is 15.1. The van der Waals surface area contributed by atoms with Crippen LogP contribution in [0.15, 0.2) is 66.4 Å². The van der Waals surface area contributed by atoms with Gasteiger partial charge in [-0.25, -0.2) is 9.37 Å². The molecule has 6 atom stereocenters. The number of nitrogens with zero attached hydrogens (tertiary/aromatic N) is 3. The van der Waals surface area contributed by atoms with E-state index in [1.54, 1.807) is 13.0 Å². The minimum absolute atomic E-state index is 0.0350. The van der Waals surface area contributed by atoms with Gasteiger partial charge in [-0.05, 0) is 55.5 Å². The Kier molecular flexibility index (Phi) is 7.78. The first-order valence-corrected chi connectivity index (χ1v) is 16.1. The molecule has 2 saturated heterocycles. The van der Waals surface area contributed by atoms with Gasteiger partial charge < -0.3 is 5.11 Å². The molecule has 0 unspecified atom stereocenters. The first-order chi connectivity index (χ1) is 23.2. The fourth-order valence-corrected chi connectivity index (χ4v) is 8.60. The van der Waals surface area contributed by atoms with E-state index in [1.165, 1.54) is 36.4 Å². The van der Waals surface area contributed by atoms with Crippen molar-refractivity contribution in [3.05, 3.63) is 98.9 Å². The Bertz CT molecular complexity index is 1970. The molecule has 2 N–H and O–H groups in total. The highest BCUT2D eigenvalue weighted by Crippen LogP contribution is 2.65. The number of benzene rings is 2. The van der Waals surface area contributed by atoms with Crippen molar-refractivity contribution in [2.45, 2.75) is 37.3 Å². The van der Waals surface area contributed by atoms with Crippen LogP contribution in [0.5, 0.6) is 5.75 Å². The number of imide groups is 2. The van der Waals surface area contributed by atoms with Crippen LogP contribution in [0, 0.1) is 29.5 Å². The van der Waals surface area contributed by atoms with Crippen LogP contribution in [-0.4, -0.2) is 50.2 Å². The van der Waals surface area contributed by atoms with Gasteiger partial charge in [0.25, 0.3) is 11.8 Å². The molecule has 1 aromatic heterocycles. The summed E-state index contributed by atoms with van der Waals surface area (Å²) in [5.74, 6) is -9.58. The lowest BCUT2D eigenvalue weighted by atomic mass is 9.49. The summed E-state index contributed by atoms with van der Waals surface area (Å²) in [4.78, 5) is 61.5. The second-order valence-electron chi connectivity index (χ2n) is 12.5. The number of amides is 4. The highest BCUT2D eigenvalue weighted by atomic mass is 35.5. The van der Waals surface area contributed by atoms with Gasteiger partial charge in [-0.2, -0.15) is 18.2 Å². The van der Waals surface area contributed by atoms with Gasteiger partial charge >= 0.3 is 6.18 Å². The number of nitrogens with one attached hydrogen (secondary N) is 1. The fourth-order valence-electron chi connectivity index (χ4n) is 8.27. The molecule has 9 nitrogen and oxygen atoms in total. The molecule has 2 aliphatic carbocycles. The molecule has 1 saturated carbocycles. The van der Waals surface area contributed by atoms with Crippen molar-refractivity contribution in [2.75, 3.05) is 12.0 Å². The average molecular weight is 718 g/mol. The predicted octanol–water partition coefficient (Wildman–Crippen LogP) is 6.26. The number of anilines is 1. The SMILES string of the molecule is CCN1C(=O)[C@H]2[C@H](CC=C3[C@H]2C[C@H]2C(=O)N(Nc4ncc(C(F)(F)F)cc4Cl)C(=O)[C@@]2(c2ccc(Cl)cc2)[C@H]3c2cccc(F)c2O)C1=O. The molecule has 2 aliphatic heterocycles. The van der Waals surface area contributed by atoms with Gasteiger partial charge in [-0.3, -0.25) is 29.5 Å². The van der Waals surface area contributed by atoms with E-state index in [0.717, 1.165) is 11.0 Å². The molecule has 3 aromatic rings. The lowest BCUT2D eigenvalue weighted by Gasteiger charge is -2.50. The number of halogens is 6. The summed E-state index contributed by atoms with van der Waals surface area (Å²) >= 11 is 12.4. The topological polar surface area (TPSA) is 120 Å². The van der Waals surface area contributed by atoms with Crippen LogP contribution in [0.2, 0.25) is 10.0 Å². The summed E-state index contributed by atoms with van der Waals surface area (Å²) in [6, 6.07) is 10.5. The standard InChI is InChI=1S/C34H26Cl2F4N4O5/c1-2-43-29(46)19-11-10-18-21(25(19)31(43)48)13-22-30(47)44(42-28-23(36)12-16(14-41-28)34(38,39)40)32(49)33(22,15-6-8-17(35)9-7-15)26(18)20-4-3-5-24(37)27(20)45/h3-10,12,14,19,21-22,25-26,45H,2,11,13H2,1H3,(H,41,42)/t19-,21+,22-,25-,26+,33+/m0/s1. The third kappa shape index (κ3) is 4.76. The van der Waals surface area contributed by atoms with Crippen molar-refractivity contribution in [1.82, 2.24) is 14.9 Å². The number of rotatable bonds is 5. The molecule has 3 fully saturated rings. The van der Waals surface area contributed by atoms with Crippen molar-refractivity contribution in [2.24, 2.45) is 23.7 Å². The highest BCUT2D eigenvalue weighted by Gasteiger charge is 2.70. The highest BCUT2D eigenvalue weighted by molar-refractivity contribution is 6.33. The molecule has 3 heterocycles. The van der Waals surface area contributed by atoms with Gasteiger partial charge in [-0.15, -0.1) is 0 Å². The Morgan fingerprint density at radius 3 is 2.39 bits per heavy atom. The number of fused-ring (bicyclic) bond motifs is 4. The summed E-state index contributed by atoms with van der Waals surface area (Å²) in [6.07, 6.45) is -2.51. The lowest BCUT2D eigenvalue weighted by molar-refractivity contribution is -0.141. The van der Waals surface area contributed by atoms with E-state index in [4.69, 9.17) is 23.2 Å². The number of hydrazine groups is 1. The minimum atomic E-state index is -4.77. The van der Waals surface area contributed by atoms with Crippen LogP contribution in [0.25, 0.3) is 0 Å². The summed E-state index contributed by atoms with van der Waals surface area (Å²) in [6.45, 7) is 1.81. The maximum absolute atomic E-state index is 15.1. The Hall–Kier alpha value is -4.49. The zero-order valence-corrected chi connectivity index (χ0v) is 27.0. The van der Waals surface area contributed by atoms with Gasteiger partial charge in [0, 0.05) is 29.2 Å². The average Bonchev–Trinajstić information content (AvgIpc) is 3.43. The fraction of sp³-hybridized carbons (Fsp3) is 0.324. The molecule has 7 rings (SSSR count). The second kappa shape index (κ2) is 11.5. The number of aromatic hydroxyl groups is 1. The number of hydrogen-bond donors (Lipinski definition) is 2. The number of likely N-dealkylation sites (tertiary alicyclic amines) is 1. The Labute approximate surface area is 286 Å². The number of allylic oxidation sites excluding steroid dienone is 2. The zero-order chi connectivity index (χ0) is 35.2. The third-order valence-electron chi connectivity index (χ3n) is 10.3. The molecular formula is C34H26Cl2F4N4O5. The normalized spacial score (nSPS) is 28.0. The van der Waals surface area contributed by atoms with Gasteiger partial charge in [0.15, 0.2) is 17.4 Å². The molecule has 4 amide bonds. The van der Waals surface area contributed by atoms with Gasteiger partial charge in [0.05, 0.1) is 33.8 Å². The van der Waals surface area contributed by atoms with E-state index in [0.29, 0.717) is 27.9 Å². The van der Waals surface area contributed by atoms with Crippen molar-refractivity contribution >= 4 is 52.6 Å². The zero-order valence-electron chi connectivity index (χ0n) is 25.5. The molecule has 4 aliphatic rings. The number of hydrogen-bond acceptors (Lipinski definition) is 7. The smallest absolute Gasteiger partial charge is 0.417 e. The molecule has 15 heteroatoms. The van der Waals surface area contributed by atoms with Crippen LogP contribution in [-0.2, 0) is 30.8 Å². The second-order valence-corrected chi connectivity index (χ2v) is 13.4. The number of pyridine rings is 1. The quantitative estimate of drug-likeness (QED) is 0.182. The number of phenolic OH excluding ortho intramolecular Hbond substituents is 1. The largest absolute Gasteiger partial charge is 0.505 e. The van der Waals surface area contributed by atoms with Crippen molar-refractivity contribution in [3.8, 4) is 5.75 Å². The van der Waals surface area contributed by atoms with E-state index >= 15 is 9.18 Å². The summed E-state index contributed by atoms with van der Waals surface area (Å²) < 4.78 is 55.2. The van der Waals surface area contributed by atoms with Crippen LogP contribution < -0.4 is 5.43 Å². The molecule has 0 radical (unpaired) electrons. The minimum Gasteiger partial charge on any atom is -0.505 e. The van der Waals surface area contributed by atoms with E-state index < -0.39 is 86.9 Å². The van der Waals surface area contributed by atoms with E-state index in [1.807, 2.05) is 0 Å². The monoisotopic (exact) mass is 716 g/mol. The van der Waals surface area contributed by atoms with E-state index in [-0.39, 0.29) is 36.4 Å². The summed E-state index contributed by atoms with van der Waals surface area (Å²) in [7, 11) is 0. The Morgan fingerprint density at radius 1 is 1.02 bits per heavy atom. The number of carbonyl (C=O) groups excluding carboxylic acids is 4. The Morgan fingerprint density at radius 2 is 1.73 bits per heavy atom. The van der Waals surface area contributed by atoms with Gasteiger partial charge in [0.1, 0.15) is 0 Å². The summed E-state index contributed by atoms with van der Waals surface area (Å²) in [5, 5.41) is 11.6. The molecular weight excluding hydrogens is 691 g/mol. The maximum Gasteiger partial charge on any atom is 0.417 e. The predicted molar refractivity (Wildman–Crippen MR) is 167 cm³/mol. The van der Waals surface area contributed by atoms with Crippen molar-refractivity contribution in [3.63, 3.8) is 0 Å². The van der Waals surface area contributed by atoms with Crippen molar-refractivity contribution in [1.29, 1.82) is 0 Å². The van der Waals surface area contributed by atoms with E-state index in [2.05, 4.69) is 10.4 Å². The van der Waals surface area contributed by atoms with E-state index in [9.17, 15) is 32.7 Å². The number of carbonyl (C=O) groups is 4. The molecule has 0 bridgehead atoms. The number of para-hydroxylation sites is 1. The van der Waals surface area contributed by atoms with Crippen LogP contribution in [0.4, 0.5) is 23.4 Å². The van der Waals surface area contributed by atoms with Crippen LogP contribution in [0.1, 0.15) is 42.4 Å². The molecule has 49 heavy (non-hydrogen) atoms. The first-order valence-electron chi connectivity index (χ1n) is 15.4. The molecule has 2 aromatic carbocycles. The number of aromatic nitrogens is 1. The number of alkyl halides is 3. The Balaban J connectivity index is 1.45. The molecule has 254 valence electrons. The number of phenols is 1. The van der Waals surface area contributed by atoms with Crippen LogP contribution in [0.3, 0.4) is 0 Å². The molecule has 0 spiro atoms. The lowest BCUT2D eigenvalue weighted by Crippen LogP contribution is -2.53. The summed E-state index contributed by atoms with van der Waals surface area (Å²) in [5.41, 5.74) is 0.177. The van der Waals surface area contributed by atoms with Gasteiger partial charge in [-0.1, -0.05) is 59.1 Å².